The molecule has 4 heterocycles. The summed E-state index contributed by atoms with van der Waals surface area (Å²) in [5.74, 6) is 0.378. The Labute approximate surface area is 218 Å². The number of benzene rings is 5. The molecule has 0 saturated heterocycles. The first-order valence-corrected chi connectivity index (χ1v) is 13.5. The smallest absolute Gasteiger partial charge is 0.263 e. The molecule has 2 atom stereocenters. The molecule has 2 aliphatic heterocycles. The standard InChI is InChI=1S/C35H22N2O/c38-34-24-10-2-1-8-20(24)23-16-17-31-26-18-35(19-28(35)25-11-4-6-15-30(25)37(34)32(23)26)27-13-7-12-22-21-9-3-5-14-29(21)36(31)33(22)27/h1-17,28H,18-19H2. The first kappa shape index (κ1) is 19.5. The zero-order valence-electron chi connectivity index (χ0n) is 20.6. The number of para-hydroxylation sites is 3. The van der Waals surface area contributed by atoms with Gasteiger partial charge in [0.2, 0.25) is 0 Å². The molecule has 7 aromatic rings. The molecule has 0 radical (unpaired) electrons. The van der Waals surface area contributed by atoms with Crippen molar-refractivity contribution in [2.45, 2.75) is 24.2 Å². The molecule has 3 heteroatoms. The van der Waals surface area contributed by atoms with E-state index in [1.165, 1.54) is 44.2 Å². The highest BCUT2D eigenvalue weighted by Crippen LogP contribution is 2.66. The summed E-state index contributed by atoms with van der Waals surface area (Å²) in [4.78, 5) is 14.3. The Morgan fingerprint density at radius 3 is 2.26 bits per heavy atom. The summed E-state index contributed by atoms with van der Waals surface area (Å²) >= 11 is 0. The zero-order chi connectivity index (χ0) is 24.7. The quantitative estimate of drug-likeness (QED) is 0.204. The Hall–Kier alpha value is -4.63. The van der Waals surface area contributed by atoms with Crippen LogP contribution in [0.15, 0.2) is 108 Å². The highest BCUT2D eigenvalue weighted by molar-refractivity contribution is 6.13. The van der Waals surface area contributed by atoms with E-state index in [-0.39, 0.29) is 11.0 Å². The van der Waals surface area contributed by atoms with Gasteiger partial charge in [-0.05, 0) is 59.5 Å². The van der Waals surface area contributed by atoms with E-state index < -0.39 is 0 Å². The van der Waals surface area contributed by atoms with Gasteiger partial charge >= 0.3 is 0 Å². The van der Waals surface area contributed by atoms with Crippen molar-refractivity contribution in [3.05, 3.63) is 130 Å². The predicted molar refractivity (Wildman–Crippen MR) is 154 cm³/mol. The van der Waals surface area contributed by atoms with Gasteiger partial charge in [-0.25, -0.2) is 0 Å². The Bertz CT molecular complexity index is 2280. The van der Waals surface area contributed by atoms with Gasteiger partial charge in [0.1, 0.15) is 0 Å². The third kappa shape index (κ3) is 2.03. The topological polar surface area (TPSA) is 26.9 Å². The van der Waals surface area contributed by atoms with E-state index in [9.17, 15) is 4.79 Å². The Morgan fingerprint density at radius 2 is 1.34 bits per heavy atom. The first-order chi connectivity index (χ1) is 18.8. The molecule has 1 fully saturated rings. The van der Waals surface area contributed by atoms with Gasteiger partial charge < -0.3 is 4.57 Å². The van der Waals surface area contributed by atoms with Gasteiger partial charge in [-0.2, -0.15) is 0 Å². The van der Waals surface area contributed by atoms with E-state index in [2.05, 4.69) is 89.5 Å². The Balaban J connectivity index is 1.54. The summed E-state index contributed by atoms with van der Waals surface area (Å²) in [6, 6.07) is 37.0. The fourth-order valence-corrected chi connectivity index (χ4v) is 8.11. The molecule has 4 bridgehead atoms. The molecule has 3 aliphatic rings. The highest BCUT2D eigenvalue weighted by atomic mass is 16.1. The fraction of sp³-hybridized carbons (Fsp3) is 0.114. The largest absolute Gasteiger partial charge is 0.309 e. The van der Waals surface area contributed by atoms with Crippen molar-refractivity contribution in [2.75, 3.05) is 0 Å². The minimum Gasteiger partial charge on any atom is -0.309 e. The van der Waals surface area contributed by atoms with Crippen LogP contribution in [0.2, 0.25) is 0 Å². The molecule has 5 aromatic carbocycles. The lowest BCUT2D eigenvalue weighted by Gasteiger charge is -2.26. The maximum atomic E-state index is 14.3. The fourth-order valence-electron chi connectivity index (χ4n) is 8.11. The first-order valence-electron chi connectivity index (χ1n) is 13.5. The van der Waals surface area contributed by atoms with Crippen LogP contribution < -0.4 is 5.56 Å². The lowest BCUT2D eigenvalue weighted by molar-refractivity contribution is 0.664. The van der Waals surface area contributed by atoms with Crippen molar-refractivity contribution < 1.29 is 0 Å². The molecular formula is C35H22N2O. The Kier molecular flexibility index (Phi) is 3.21. The molecule has 0 amide bonds. The van der Waals surface area contributed by atoms with Gasteiger partial charge in [-0.15, -0.1) is 0 Å². The maximum Gasteiger partial charge on any atom is 0.263 e. The number of hydrogen-bond donors (Lipinski definition) is 0. The number of fused-ring (bicyclic) bond motifs is 7. The van der Waals surface area contributed by atoms with E-state index in [1.54, 1.807) is 0 Å². The van der Waals surface area contributed by atoms with E-state index in [4.69, 9.17) is 0 Å². The molecule has 2 unspecified atom stereocenters. The molecular weight excluding hydrogens is 464 g/mol. The minimum atomic E-state index is 0.0220. The molecule has 1 aliphatic carbocycles. The van der Waals surface area contributed by atoms with Crippen LogP contribution in [0.3, 0.4) is 0 Å². The highest BCUT2D eigenvalue weighted by Gasteiger charge is 2.59. The van der Waals surface area contributed by atoms with Crippen LogP contribution in [-0.4, -0.2) is 9.13 Å². The SMILES string of the molecule is O=c1c2ccccc2c2ccc3c4c2n1-c1ccccc1C1CC1(C4)c1cccc2c4ccccc4n-3c12. The van der Waals surface area contributed by atoms with Crippen LogP contribution in [0.25, 0.3) is 54.9 Å². The van der Waals surface area contributed by atoms with E-state index in [1.807, 2.05) is 22.8 Å². The van der Waals surface area contributed by atoms with E-state index in [0.29, 0.717) is 5.92 Å². The third-order valence-corrected chi connectivity index (χ3v) is 9.73. The van der Waals surface area contributed by atoms with Gasteiger partial charge in [-0.1, -0.05) is 78.9 Å². The molecule has 178 valence electrons. The monoisotopic (exact) mass is 486 g/mol. The molecule has 38 heavy (non-hydrogen) atoms. The molecule has 1 saturated carbocycles. The summed E-state index contributed by atoms with van der Waals surface area (Å²) in [6.07, 6.45) is 2.04. The van der Waals surface area contributed by atoms with E-state index >= 15 is 0 Å². The van der Waals surface area contributed by atoms with Crippen molar-refractivity contribution in [1.29, 1.82) is 0 Å². The van der Waals surface area contributed by atoms with Crippen molar-refractivity contribution in [2.24, 2.45) is 0 Å². The molecule has 3 nitrogen and oxygen atoms in total. The number of rotatable bonds is 0. The summed E-state index contributed by atoms with van der Waals surface area (Å²) in [5.41, 5.74) is 10.0. The maximum absolute atomic E-state index is 14.3. The molecule has 0 N–H and O–H groups in total. The summed E-state index contributed by atoms with van der Waals surface area (Å²) < 4.78 is 4.55. The summed E-state index contributed by atoms with van der Waals surface area (Å²) in [7, 11) is 0. The minimum absolute atomic E-state index is 0.0220. The average Bonchev–Trinajstić information content (AvgIpc) is 3.60. The van der Waals surface area contributed by atoms with Crippen molar-refractivity contribution in [3.63, 3.8) is 0 Å². The van der Waals surface area contributed by atoms with E-state index in [0.717, 1.165) is 40.2 Å². The number of aromatic nitrogens is 2. The predicted octanol–water partition coefficient (Wildman–Crippen LogP) is 7.54. The molecule has 1 spiro atoms. The van der Waals surface area contributed by atoms with Gasteiger partial charge in [-0.3, -0.25) is 9.36 Å². The van der Waals surface area contributed by atoms with Crippen LogP contribution >= 0.6 is 0 Å². The third-order valence-electron chi connectivity index (χ3n) is 9.73. The van der Waals surface area contributed by atoms with Gasteiger partial charge in [0.25, 0.3) is 5.56 Å². The second-order valence-electron chi connectivity index (χ2n) is 11.3. The van der Waals surface area contributed by atoms with Crippen LogP contribution in [0.1, 0.15) is 29.0 Å². The summed E-state index contributed by atoms with van der Waals surface area (Å²) in [6.45, 7) is 0. The summed E-state index contributed by atoms with van der Waals surface area (Å²) in [5, 5.41) is 5.58. The van der Waals surface area contributed by atoms with Crippen LogP contribution in [0, 0.1) is 0 Å². The second kappa shape index (κ2) is 6.25. The van der Waals surface area contributed by atoms with Crippen LogP contribution in [0.5, 0.6) is 0 Å². The van der Waals surface area contributed by atoms with Crippen LogP contribution in [0.4, 0.5) is 0 Å². The van der Waals surface area contributed by atoms with Gasteiger partial charge in [0, 0.05) is 32.5 Å². The number of nitrogens with zero attached hydrogens (tertiary/aromatic N) is 2. The Morgan fingerprint density at radius 1 is 0.605 bits per heavy atom. The second-order valence-corrected chi connectivity index (χ2v) is 11.3. The van der Waals surface area contributed by atoms with Crippen molar-refractivity contribution in [1.82, 2.24) is 9.13 Å². The van der Waals surface area contributed by atoms with Gasteiger partial charge in [0.15, 0.2) is 0 Å². The molecule has 2 aromatic heterocycles. The molecule has 10 rings (SSSR count). The lowest BCUT2D eigenvalue weighted by atomic mass is 9.82. The van der Waals surface area contributed by atoms with Crippen molar-refractivity contribution >= 4 is 43.5 Å². The number of hydrogen-bond acceptors (Lipinski definition) is 1. The number of pyridine rings is 1. The average molecular weight is 487 g/mol. The zero-order valence-corrected chi connectivity index (χ0v) is 20.6. The normalized spacial score (nSPS) is 20.4. The van der Waals surface area contributed by atoms with Crippen LogP contribution in [-0.2, 0) is 11.8 Å². The lowest BCUT2D eigenvalue weighted by Crippen LogP contribution is -2.25. The van der Waals surface area contributed by atoms with Gasteiger partial charge in [0.05, 0.1) is 27.9 Å². The van der Waals surface area contributed by atoms with Crippen molar-refractivity contribution in [3.8, 4) is 11.4 Å².